The van der Waals surface area contributed by atoms with Crippen molar-refractivity contribution in [1.82, 2.24) is 19.8 Å². The van der Waals surface area contributed by atoms with E-state index in [2.05, 4.69) is 15.3 Å². The number of amides is 2. The lowest BCUT2D eigenvalue weighted by Gasteiger charge is -2.34. The summed E-state index contributed by atoms with van der Waals surface area (Å²) in [5, 5.41) is 3.07. The summed E-state index contributed by atoms with van der Waals surface area (Å²) in [4.78, 5) is 35.8. The van der Waals surface area contributed by atoms with Crippen molar-refractivity contribution in [2.24, 2.45) is 0 Å². The van der Waals surface area contributed by atoms with Crippen molar-refractivity contribution in [3.05, 3.63) is 36.2 Å². The van der Waals surface area contributed by atoms with Crippen LogP contribution in [0, 0.1) is 0 Å². The number of benzene rings is 1. The first-order valence-electron chi connectivity index (χ1n) is 8.63. The first-order chi connectivity index (χ1) is 13.1. The minimum absolute atomic E-state index is 0.0318. The van der Waals surface area contributed by atoms with Gasteiger partial charge in [-0.05, 0) is 12.1 Å². The van der Waals surface area contributed by atoms with Gasteiger partial charge in [-0.25, -0.2) is 9.97 Å². The summed E-state index contributed by atoms with van der Waals surface area (Å²) >= 11 is 0. The molecule has 140 valence electrons. The molecule has 2 aliphatic rings. The van der Waals surface area contributed by atoms with E-state index in [0.29, 0.717) is 49.2 Å². The lowest BCUT2D eigenvalue weighted by Crippen LogP contribution is -2.50. The fraction of sp³-hybridized carbons (Fsp3) is 0.333. The maximum absolute atomic E-state index is 12.6. The van der Waals surface area contributed by atoms with Gasteiger partial charge in [0.2, 0.25) is 18.6 Å². The number of carbonyl (C=O) groups is 2. The van der Waals surface area contributed by atoms with Crippen LogP contribution in [0.3, 0.4) is 0 Å². The smallest absolute Gasteiger partial charge is 0.257 e. The Morgan fingerprint density at radius 1 is 1.00 bits per heavy atom. The van der Waals surface area contributed by atoms with Gasteiger partial charge in [0.15, 0.2) is 11.5 Å². The van der Waals surface area contributed by atoms with Crippen LogP contribution < -0.4 is 14.8 Å². The molecule has 1 fully saturated rings. The molecule has 1 saturated heterocycles. The van der Waals surface area contributed by atoms with Gasteiger partial charge < -0.3 is 24.6 Å². The van der Waals surface area contributed by atoms with E-state index in [1.54, 1.807) is 15.9 Å². The Balaban J connectivity index is 1.39. The maximum Gasteiger partial charge on any atom is 0.257 e. The van der Waals surface area contributed by atoms with Gasteiger partial charge in [0.05, 0.1) is 5.56 Å². The van der Waals surface area contributed by atoms with Gasteiger partial charge >= 0.3 is 0 Å². The third-order valence-electron chi connectivity index (χ3n) is 4.54. The van der Waals surface area contributed by atoms with Crippen molar-refractivity contribution in [3.63, 3.8) is 0 Å². The number of rotatable bonds is 3. The number of piperazine rings is 1. The van der Waals surface area contributed by atoms with E-state index >= 15 is 0 Å². The highest BCUT2D eigenvalue weighted by atomic mass is 16.7. The molecule has 1 aromatic heterocycles. The van der Waals surface area contributed by atoms with E-state index in [1.807, 2.05) is 12.1 Å². The van der Waals surface area contributed by atoms with Gasteiger partial charge in [0.1, 0.15) is 0 Å². The minimum atomic E-state index is -0.132. The first kappa shape index (κ1) is 17.1. The Morgan fingerprint density at radius 3 is 2.37 bits per heavy atom. The van der Waals surface area contributed by atoms with E-state index in [1.165, 1.54) is 19.3 Å². The van der Waals surface area contributed by atoms with Crippen molar-refractivity contribution in [2.75, 3.05) is 38.3 Å². The molecule has 2 aliphatic heterocycles. The molecule has 0 unspecified atom stereocenters. The van der Waals surface area contributed by atoms with Gasteiger partial charge in [0.25, 0.3) is 5.91 Å². The summed E-state index contributed by atoms with van der Waals surface area (Å²) in [5.41, 5.74) is 1.18. The number of fused-ring (bicyclic) bond motifs is 1. The number of anilines is 2. The second kappa shape index (κ2) is 7.10. The zero-order valence-corrected chi connectivity index (χ0v) is 14.8. The molecule has 0 radical (unpaired) electrons. The standard InChI is InChI=1S/C18H19N5O4/c1-12(24)22-4-6-23(7-5-22)17(25)13-9-19-18(20-10-13)21-14-2-3-15-16(8-14)27-11-26-15/h2-3,8-10H,4-7,11H2,1H3,(H,19,20,21). The van der Waals surface area contributed by atoms with Crippen molar-refractivity contribution >= 4 is 23.5 Å². The number of hydrogen-bond acceptors (Lipinski definition) is 7. The molecule has 0 bridgehead atoms. The molecule has 4 rings (SSSR count). The average molecular weight is 369 g/mol. The summed E-state index contributed by atoms with van der Waals surface area (Å²) in [6.07, 6.45) is 3.00. The van der Waals surface area contributed by atoms with Gasteiger partial charge in [-0.2, -0.15) is 0 Å². The van der Waals surface area contributed by atoms with Crippen molar-refractivity contribution < 1.29 is 19.1 Å². The number of hydrogen-bond donors (Lipinski definition) is 1. The maximum atomic E-state index is 12.6. The Kier molecular flexibility index (Phi) is 4.49. The molecule has 9 heteroatoms. The Hall–Kier alpha value is -3.36. The van der Waals surface area contributed by atoms with Crippen molar-refractivity contribution in [3.8, 4) is 11.5 Å². The Morgan fingerprint density at radius 2 is 1.67 bits per heavy atom. The van der Waals surface area contributed by atoms with Crippen LogP contribution in [0.25, 0.3) is 0 Å². The summed E-state index contributed by atoms with van der Waals surface area (Å²) in [6.45, 7) is 3.87. The summed E-state index contributed by atoms with van der Waals surface area (Å²) in [6, 6.07) is 5.45. The molecule has 27 heavy (non-hydrogen) atoms. The quantitative estimate of drug-likeness (QED) is 0.870. The first-order valence-corrected chi connectivity index (χ1v) is 8.63. The van der Waals surface area contributed by atoms with E-state index in [0.717, 1.165) is 5.69 Å². The van der Waals surface area contributed by atoms with E-state index in [9.17, 15) is 9.59 Å². The predicted octanol–water partition coefficient (Wildman–Crippen LogP) is 1.25. The Bertz CT molecular complexity index is 863. The van der Waals surface area contributed by atoms with Crippen LogP contribution in [-0.4, -0.2) is 64.6 Å². The van der Waals surface area contributed by atoms with Crippen molar-refractivity contribution in [2.45, 2.75) is 6.92 Å². The van der Waals surface area contributed by atoms with Crippen LogP contribution in [0.1, 0.15) is 17.3 Å². The highest BCUT2D eigenvalue weighted by molar-refractivity contribution is 5.94. The summed E-state index contributed by atoms with van der Waals surface area (Å²) in [5.74, 6) is 1.65. The lowest BCUT2D eigenvalue weighted by atomic mass is 10.2. The van der Waals surface area contributed by atoms with Crippen LogP contribution in [0.4, 0.5) is 11.6 Å². The SMILES string of the molecule is CC(=O)N1CCN(C(=O)c2cnc(Nc3ccc4c(c3)OCO4)nc2)CC1. The average Bonchev–Trinajstić information content (AvgIpc) is 3.16. The molecule has 2 amide bonds. The van der Waals surface area contributed by atoms with E-state index in [4.69, 9.17) is 9.47 Å². The van der Waals surface area contributed by atoms with E-state index in [-0.39, 0.29) is 18.6 Å². The predicted molar refractivity (Wildman–Crippen MR) is 96.0 cm³/mol. The number of nitrogens with zero attached hydrogens (tertiary/aromatic N) is 4. The largest absolute Gasteiger partial charge is 0.454 e. The van der Waals surface area contributed by atoms with Crippen molar-refractivity contribution in [1.29, 1.82) is 0 Å². The minimum Gasteiger partial charge on any atom is -0.454 e. The molecular formula is C18H19N5O4. The zero-order valence-electron chi connectivity index (χ0n) is 14.8. The van der Waals surface area contributed by atoms with Gasteiger partial charge in [-0.15, -0.1) is 0 Å². The van der Waals surface area contributed by atoms with Crippen LogP contribution >= 0.6 is 0 Å². The summed E-state index contributed by atoms with van der Waals surface area (Å²) < 4.78 is 10.6. The molecular weight excluding hydrogens is 350 g/mol. The second-order valence-electron chi connectivity index (χ2n) is 6.29. The highest BCUT2D eigenvalue weighted by Gasteiger charge is 2.23. The fourth-order valence-corrected chi connectivity index (χ4v) is 3.01. The second-order valence-corrected chi connectivity index (χ2v) is 6.29. The number of nitrogens with one attached hydrogen (secondary N) is 1. The lowest BCUT2D eigenvalue weighted by molar-refractivity contribution is -0.130. The Labute approximate surface area is 155 Å². The highest BCUT2D eigenvalue weighted by Crippen LogP contribution is 2.34. The molecule has 3 heterocycles. The normalized spacial score (nSPS) is 15.6. The number of carbonyl (C=O) groups excluding carboxylic acids is 2. The van der Waals surface area contributed by atoms with Gasteiger partial charge in [-0.3, -0.25) is 9.59 Å². The molecule has 1 N–H and O–H groups in total. The molecule has 0 atom stereocenters. The molecule has 2 aromatic rings. The molecule has 9 nitrogen and oxygen atoms in total. The van der Waals surface area contributed by atoms with E-state index < -0.39 is 0 Å². The molecule has 0 aliphatic carbocycles. The van der Waals surface area contributed by atoms with Gasteiger partial charge in [-0.1, -0.05) is 0 Å². The molecule has 0 saturated carbocycles. The third kappa shape index (κ3) is 3.62. The number of ether oxygens (including phenoxy) is 2. The van der Waals surface area contributed by atoms with Crippen LogP contribution in [0.5, 0.6) is 11.5 Å². The van der Waals surface area contributed by atoms with Gasteiger partial charge in [0, 0.05) is 57.3 Å². The van der Waals surface area contributed by atoms with Crippen LogP contribution in [-0.2, 0) is 4.79 Å². The zero-order chi connectivity index (χ0) is 18.8. The third-order valence-corrected chi connectivity index (χ3v) is 4.54. The van der Waals surface area contributed by atoms with Crippen LogP contribution in [0.2, 0.25) is 0 Å². The topological polar surface area (TPSA) is 96.9 Å². The number of aromatic nitrogens is 2. The molecule has 1 aromatic carbocycles. The monoisotopic (exact) mass is 369 g/mol. The molecule has 0 spiro atoms. The fourth-order valence-electron chi connectivity index (χ4n) is 3.01. The summed E-state index contributed by atoms with van der Waals surface area (Å²) in [7, 11) is 0. The van der Waals surface area contributed by atoms with Crippen LogP contribution in [0.15, 0.2) is 30.6 Å².